The predicted octanol–water partition coefficient (Wildman–Crippen LogP) is 3.73. The molecule has 0 unspecified atom stereocenters. The summed E-state index contributed by atoms with van der Waals surface area (Å²) in [6, 6.07) is 12.3. The Hall–Kier alpha value is -2.20. The molecule has 0 amide bonds. The van der Waals surface area contributed by atoms with E-state index in [-0.39, 0.29) is 6.42 Å². The molecular formula is C17H17ClO4. The van der Waals surface area contributed by atoms with E-state index in [0.717, 1.165) is 16.9 Å². The van der Waals surface area contributed by atoms with Crippen LogP contribution in [-0.4, -0.2) is 24.3 Å². The zero-order valence-corrected chi connectivity index (χ0v) is 13.1. The fraction of sp³-hybridized carbons (Fsp3) is 0.235. The summed E-state index contributed by atoms with van der Waals surface area (Å²) in [5.74, 6) is 0.205. The number of methoxy groups -OCH3 is 1. The lowest BCUT2D eigenvalue weighted by molar-refractivity contribution is -0.145. The second-order valence-corrected chi connectivity index (χ2v) is 5.32. The van der Waals surface area contributed by atoms with E-state index in [0.29, 0.717) is 10.8 Å². The van der Waals surface area contributed by atoms with Gasteiger partial charge in [-0.15, -0.1) is 0 Å². The normalized spacial score (nSPS) is 11.8. The molecule has 116 valence electrons. The average molecular weight is 321 g/mol. The number of hydrogen-bond donors (Lipinski definition) is 1. The summed E-state index contributed by atoms with van der Waals surface area (Å²) in [7, 11) is 1.58. The highest BCUT2D eigenvalue weighted by atomic mass is 35.5. The smallest absolute Gasteiger partial charge is 0.345 e. The summed E-state index contributed by atoms with van der Waals surface area (Å²) in [6.07, 6.45) is -0.699. The van der Waals surface area contributed by atoms with Crippen LogP contribution < -0.4 is 9.47 Å². The summed E-state index contributed by atoms with van der Waals surface area (Å²) in [5.41, 5.74) is 1.70. The SMILES string of the molecule is COc1ccc(C[C@@H](Oc2ccc(Cl)c(C)c2)C(=O)O)cc1. The van der Waals surface area contributed by atoms with Crippen LogP contribution in [-0.2, 0) is 11.2 Å². The van der Waals surface area contributed by atoms with E-state index in [1.54, 1.807) is 37.4 Å². The number of benzene rings is 2. The van der Waals surface area contributed by atoms with Gasteiger partial charge in [-0.1, -0.05) is 23.7 Å². The molecule has 0 radical (unpaired) electrons. The van der Waals surface area contributed by atoms with Crippen LogP contribution in [0.2, 0.25) is 5.02 Å². The van der Waals surface area contributed by atoms with Gasteiger partial charge >= 0.3 is 5.97 Å². The lowest BCUT2D eigenvalue weighted by Gasteiger charge is -2.16. The van der Waals surface area contributed by atoms with Gasteiger partial charge in [-0.2, -0.15) is 0 Å². The average Bonchev–Trinajstić information content (AvgIpc) is 2.51. The third kappa shape index (κ3) is 4.15. The third-order valence-corrected chi connectivity index (χ3v) is 3.69. The van der Waals surface area contributed by atoms with Crippen molar-refractivity contribution in [1.82, 2.24) is 0 Å². The van der Waals surface area contributed by atoms with Gasteiger partial charge in [0.15, 0.2) is 6.10 Å². The number of carbonyl (C=O) groups is 1. The number of rotatable bonds is 6. The highest BCUT2D eigenvalue weighted by molar-refractivity contribution is 6.31. The quantitative estimate of drug-likeness (QED) is 0.881. The van der Waals surface area contributed by atoms with Crippen LogP contribution in [0.15, 0.2) is 42.5 Å². The number of ether oxygens (including phenoxy) is 2. The van der Waals surface area contributed by atoms with E-state index in [9.17, 15) is 9.90 Å². The van der Waals surface area contributed by atoms with Crippen LogP contribution in [0.5, 0.6) is 11.5 Å². The molecule has 0 heterocycles. The van der Waals surface area contributed by atoms with Crippen LogP contribution in [0.3, 0.4) is 0 Å². The molecule has 0 saturated carbocycles. The molecular weight excluding hydrogens is 304 g/mol. The van der Waals surface area contributed by atoms with E-state index in [2.05, 4.69) is 0 Å². The Bertz CT molecular complexity index is 652. The molecule has 0 aliphatic carbocycles. The van der Waals surface area contributed by atoms with Gasteiger partial charge < -0.3 is 14.6 Å². The highest BCUT2D eigenvalue weighted by Gasteiger charge is 2.20. The van der Waals surface area contributed by atoms with Gasteiger partial charge in [0, 0.05) is 11.4 Å². The molecule has 0 saturated heterocycles. The lowest BCUT2D eigenvalue weighted by atomic mass is 10.1. The first-order valence-electron chi connectivity index (χ1n) is 6.78. The Labute approximate surface area is 134 Å². The Balaban J connectivity index is 2.12. The van der Waals surface area contributed by atoms with Gasteiger partial charge in [-0.25, -0.2) is 4.79 Å². The molecule has 0 fully saturated rings. The van der Waals surface area contributed by atoms with Crippen molar-refractivity contribution in [2.24, 2.45) is 0 Å². The molecule has 1 N–H and O–H groups in total. The molecule has 2 aromatic carbocycles. The van der Waals surface area contributed by atoms with Crippen molar-refractivity contribution in [3.63, 3.8) is 0 Å². The van der Waals surface area contributed by atoms with Crippen molar-refractivity contribution >= 4 is 17.6 Å². The summed E-state index contributed by atoms with van der Waals surface area (Å²) in [5, 5.41) is 9.96. The first kappa shape index (κ1) is 16.2. The second-order valence-electron chi connectivity index (χ2n) is 4.91. The largest absolute Gasteiger partial charge is 0.497 e. The van der Waals surface area contributed by atoms with Crippen molar-refractivity contribution in [2.75, 3.05) is 7.11 Å². The van der Waals surface area contributed by atoms with Crippen molar-refractivity contribution in [1.29, 1.82) is 0 Å². The predicted molar refractivity (Wildman–Crippen MR) is 84.9 cm³/mol. The van der Waals surface area contributed by atoms with Crippen LogP contribution >= 0.6 is 11.6 Å². The van der Waals surface area contributed by atoms with Gasteiger partial charge in [0.1, 0.15) is 11.5 Å². The minimum absolute atomic E-state index is 0.265. The minimum Gasteiger partial charge on any atom is -0.497 e. The third-order valence-electron chi connectivity index (χ3n) is 3.26. The summed E-state index contributed by atoms with van der Waals surface area (Å²) < 4.78 is 10.7. The van der Waals surface area contributed by atoms with Crippen molar-refractivity contribution in [3.8, 4) is 11.5 Å². The van der Waals surface area contributed by atoms with Gasteiger partial charge in [0.2, 0.25) is 0 Å². The number of aliphatic carboxylic acids is 1. The number of halogens is 1. The van der Waals surface area contributed by atoms with E-state index in [4.69, 9.17) is 21.1 Å². The molecule has 0 aromatic heterocycles. The molecule has 22 heavy (non-hydrogen) atoms. The van der Waals surface area contributed by atoms with Crippen molar-refractivity contribution < 1.29 is 19.4 Å². The molecule has 0 aliphatic heterocycles. The topological polar surface area (TPSA) is 55.8 Å². The first-order chi connectivity index (χ1) is 10.5. The van der Waals surface area contributed by atoms with Gasteiger partial charge in [0.25, 0.3) is 0 Å². The monoisotopic (exact) mass is 320 g/mol. The Morgan fingerprint density at radius 1 is 1.18 bits per heavy atom. The van der Waals surface area contributed by atoms with Gasteiger partial charge in [-0.05, 0) is 48.4 Å². The van der Waals surface area contributed by atoms with Crippen molar-refractivity contribution in [3.05, 3.63) is 58.6 Å². The Morgan fingerprint density at radius 3 is 2.36 bits per heavy atom. The van der Waals surface area contributed by atoms with Crippen LogP contribution in [0.4, 0.5) is 0 Å². The number of hydrogen-bond acceptors (Lipinski definition) is 3. The lowest BCUT2D eigenvalue weighted by Crippen LogP contribution is -2.29. The van der Waals surface area contributed by atoms with E-state index in [1.165, 1.54) is 0 Å². The number of carboxylic acid groups (broad SMARTS) is 1. The van der Waals surface area contributed by atoms with Gasteiger partial charge in [0.05, 0.1) is 7.11 Å². The summed E-state index contributed by atoms with van der Waals surface area (Å²) in [6.45, 7) is 1.84. The van der Waals surface area contributed by atoms with Crippen LogP contribution in [0, 0.1) is 6.92 Å². The van der Waals surface area contributed by atoms with Crippen LogP contribution in [0.25, 0.3) is 0 Å². The van der Waals surface area contributed by atoms with E-state index < -0.39 is 12.1 Å². The van der Waals surface area contributed by atoms with Gasteiger partial charge in [-0.3, -0.25) is 0 Å². The maximum Gasteiger partial charge on any atom is 0.345 e. The summed E-state index contributed by atoms with van der Waals surface area (Å²) in [4.78, 5) is 11.4. The molecule has 4 nitrogen and oxygen atoms in total. The molecule has 5 heteroatoms. The maximum atomic E-state index is 11.4. The molecule has 0 aliphatic rings. The second kappa shape index (κ2) is 7.18. The van der Waals surface area contributed by atoms with E-state index in [1.807, 2.05) is 19.1 Å². The molecule has 0 spiro atoms. The Kier molecular flexibility index (Phi) is 5.28. The van der Waals surface area contributed by atoms with E-state index >= 15 is 0 Å². The standard InChI is InChI=1S/C17H17ClO4/c1-11-9-14(7-8-15(11)18)22-16(17(19)20)10-12-3-5-13(21-2)6-4-12/h3-9,16H,10H2,1-2H3,(H,19,20)/t16-/m1/s1. The molecule has 2 rings (SSSR count). The fourth-order valence-electron chi connectivity index (χ4n) is 2.01. The molecule has 1 atom stereocenters. The number of aryl methyl sites for hydroxylation is 1. The maximum absolute atomic E-state index is 11.4. The zero-order valence-electron chi connectivity index (χ0n) is 12.4. The molecule has 2 aromatic rings. The highest BCUT2D eigenvalue weighted by Crippen LogP contribution is 2.23. The molecule has 0 bridgehead atoms. The Morgan fingerprint density at radius 2 is 1.82 bits per heavy atom. The van der Waals surface area contributed by atoms with Crippen LogP contribution in [0.1, 0.15) is 11.1 Å². The fourth-order valence-corrected chi connectivity index (χ4v) is 2.13. The summed E-state index contributed by atoms with van der Waals surface area (Å²) >= 11 is 5.95. The van der Waals surface area contributed by atoms with Crippen molar-refractivity contribution in [2.45, 2.75) is 19.4 Å². The number of carboxylic acids is 1. The first-order valence-corrected chi connectivity index (χ1v) is 7.16. The minimum atomic E-state index is -1.01. The zero-order chi connectivity index (χ0) is 16.1.